The van der Waals surface area contributed by atoms with E-state index in [-0.39, 0.29) is 11.5 Å². The molecule has 0 bridgehead atoms. The molecule has 1 aliphatic rings. The number of likely N-dealkylation sites (tertiary alicyclic amines) is 1. The van der Waals surface area contributed by atoms with E-state index in [4.69, 9.17) is 5.73 Å². The molecule has 0 aliphatic carbocycles. The lowest BCUT2D eigenvalue weighted by Gasteiger charge is -2.21. The van der Waals surface area contributed by atoms with Crippen LogP contribution >= 0.6 is 0 Å². The van der Waals surface area contributed by atoms with Crippen LogP contribution in [0.4, 0.5) is 0 Å². The van der Waals surface area contributed by atoms with Gasteiger partial charge in [0.25, 0.3) is 11.5 Å². The molecule has 2 amide bonds. The van der Waals surface area contributed by atoms with Crippen molar-refractivity contribution in [1.29, 1.82) is 0 Å². The van der Waals surface area contributed by atoms with Gasteiger partial charge in [-0.1, -0.05) is 6.42 Å². The average molecular weight is 342 g/mol. The molecule has 1 fully saturated rings. The van der Waals surface area contributed by atoms with Gasteiger partial charge in [0.15, 0.2) is 0 Å². The van der Waals surface area contributed by atoms with Gasteiger partial charge >= 0.3 is 0 Å². The Morgan fingerprint density at radius 1 is 1.20 bits per heavy atom. The van der Waals surface area contributed by atoms with E-state index in [2.05, 4.69) is 4.98 Å². The summed E-state index contributed by atoms with van der Waals surface area (Å²) in [5.41, 5.74) is 6.08. The van der Waals surface area contributed by atoms with Crippen molar-refractivity contribution in [2.45, 2.75) is 38.6 Å². The maximum atomic E-state index is 12.6. The summed E-state index contributed by atoms with van der Waals surface area (Å²) in [6.45, 7) is 1.79. The van der Waals surface area contributed by atoms with Crippen LogP contribution < -0.4 is 11.3 Å². The molecule has 2 aromatic heterocycles. The van der Waals surface area contributed by atoms with Crippen LogP contribution in [-0.2, 0) is 11.3 Å². The predicted molar refractivity (Wildman–Crippen MR) is 94.2 cm³/mol. The summed E-state index contributed by atoms with van der Waals surface area (Å²) < 4.78 is 1.53. The highest BCUT2D eigenvalue weighted by Crippen LogP contribution is 2.13. The third-order valence-corrected chi connectivity index (χ3v) is 4.61. The van der Waals surface area contributed by atoms with Crippen molar-refractivity contribution in [2.24, 2.45) is 5.73 Å². The van der Waals surface area contributed by atoms with Gasteiger partial charge in [0.05, 0.1) is 11.0 Å². The van der Waals surface area contributed by atoms with E-state index in [1.165, 1.54) is 10.6 Å². The third-order valence-electron chi connectivity index (χ3n) is 4.61. The lowest BCUT2D eigenvalue weighted by atomic mass is 10.2. The van der Waals surface area contributed by atoms with Crippen molar-refractivity contribution < 1.29 is 9.59 Å². The minimum atomic E-state index is -0.756. The summed E-state index contributed by atoms with van der Waals surface area (Å²) in [5, 5.41) is 0. The molecule has 0 saturated carbocycles. The van der Waals surface area contributed by atoms with Crippen molar-refractivity contribution in [3.05, 3.63) is 40.3 Å². The van der Waals surface area contributed by atoms with E-state index in [0.29, 0.717) is 37.0 Å². The van der Waals surface area contributed by atoms with Gasteiger partial charge in [0.2, 0.25) is 5.91 Å². The fraction of sp³-hybridized carbons (Fsp3) is 0.444. The van der Waals surface area contributed by atoms with E-state index < -0.39 is 11.5 Å². The number of nitrogens with two attached hydrogens (primary N) is 1. The molecule has 25 heavy (non-hydrogen) atoms. The van der Waals surface area contributed by atoms with Crippen LogP contribution in [0.15, 0.2) is 29.2 Å². The van der Waals surface area contributed by atoms with Crippen LogP contribution in [0, 0.1) is 0 Å². The van der Waals surface area contributed by atoms with Gasteiger partial charge in [-0.25, -0.2) is 0 Å². The van der Waals surface area contributed by atoms with Crippen molar-refractivity contribution in [3.8, 4) is 0 Å². The maximum absolute atomic E-state index is 12.6. The summed E-state index contributed by atoms with van der Waals surface area (Å²) in [4.78, 5) is 42.3. The Kier molecular flexibility index (Phi) is 5.11. The fourth-order valence-corrected chi connectivity index (χ4v) is 3.29. The zero-order valence-corrected chi connectivity index (χ0v) is 14.1. The topological polar surface area (TPSA) is 98.3 Å². The Balaban J connectivity index is 1.83. The molecule has 1 saturated heterocycles. The number of pyridine rings is 2. The van der Waals surface area contributed by atoms with Gasteiger partial charge in [-0.15, -0.1) is 0 Å². The van der Waals surface area contributed by atoms with Crippen molar-refractivity contribution in [3.63, 3.8) is 0 Å². The van der Waals surface area contributed by atoms with E-state index in [0.717, 1.165) is 25.8 Å². The summed E-state index contributed by atoms with van der Waals surface area (Å²) in [5.74, 6) is -0.573. The van der Waals surface area contributed by atoms with Gasteiger partial charge < -0.3 is 15.2 Å². The lowest BCUT2D eigenvalue weighted by molar-refractivity contribution is -0.130. The second kappa shape index (κ2) is 7.46. The highest BCUT2D eigenvalue weighted by Gasteiger charge is 2.17. The molecule has 132 valence electrons. The number of hydrogen-bond acceptors (Lipinski definition) is 4. The smallest absolute Gasteiger partial charge is 0.263 e. The van der Waals surface area contributed by atoms with Gasteiger partial charge in [-0.3, -0.25) is 19.4 Å². The molecular formula is C18H22N4O3. The first-order valence-electron chi connectivity index (χ1n) is 8.64. The Labute approximate surface area is 145 Å². The normalized spacial score (nSPS) is 15.4. The summed E-state index contributed by atoms with van der Waals surface area (Å²) in [7, 11) is 0. The van der Waals surface area contributed by atoms with Crippen LogP contribution in [0.1, 0.15) is 42.5 Å². The molecule has 3 heterocycles. The van der Waals surface area contributed by atoms with Crippen LogP contribution in [0.3, 0.4) is 0 Å². The Morgan fingerprint density at radius 3 is 2.84 bits per heavy atom. The Morgan fingerprint density at radius 2 is 2.04 bits per heavy atom. The maximum Gasteiger partial charge on any atom is 0.263 e. The molecule has 0 atom stereocenters. The van der Waals surface area contributed by atoms with Crippen LogP contribution in [-0.4, -0.2) is 39.4 Å². The molecule has 0 aromatic carbocycles. The van der Waals surface area contributed by atoms with E-state index in [1.54, 1.807) is 18.3 Å². The summed E-state index contributed by atoms with van der Waals surface area (Å²) in [6.07, 6.45) is 5.90. The van der Waals surface area contributed by atoms with E-state index >= 15 is 0 Å². The van der Waals surface area contributed by atoms with Crippen molar-refractivity contribution >= 4 is 22.8 Å². The number of nitrogens with zero attached hydrogens (tertiary/aromatic N) is 3. The van der Waals surface area contributed by atoms with E-state index in [9.17, 15) is 14.4 Å². The molecule has 2 N–H and O–H groups in total. The van der Waals surface area contributed by atoms with Crippen LogP contribution in [0.5, 0.6) is 0 Å². The Bertz CT molecular complexity index is 859. The predicted octanol–water partition coefficient (Wildman–Crippen LogP) is 1.29. The van der Waals surface area contributed by atoms with Crippen molar-refractivity contribution in [2.75, 3.05) is 13.1 Å². The number of amides is 2. The first-order chi connectivity index (χ1) is 12.1. The third kappa shape index (κ3) is 3.70. The first kappa shape index (κ1) is 17.1. The number of aryl methyl sites for hydroxylation is 1. The molecular weight excluding hydrogens is 320 g/mol. The highest BCUT2D eigenvalue weighted by molar-refractivity contribution is 5.95. The summed E-state index contributed by atoms with van der Waals surface area (Å²) in [6, 6.07) is 4.99. The van der Waals surface area contributed by atoms with Crippen LogP contribution in [0.25, 0.3) is 11.0 Å². The largest absolute Gasteiger partial charge is 0.365 e. The molecule has 0 radical (unpaired) electrons. The van der Waals surface area contributed by atoms with Crippen molar-refractivity contribution in [1.82, 2.24) is 14.5 Å². The highest BCUT2D eigenvalue weighted by atomic mass is 16.2. The minimum Gasteiger partial charge on any atom is -0.365 e. The first-order valence-corrected chi connectivity index (χ1v) is 8.64. The van der Waals surface area contributed by atoms with Gasteiger partial charge in [-0.05, 0) is 37.5 Å². The number of hydrogen-bond donors (Lipinski definition) is 1. The molecule has 7 heteroatoms. The summed E-state index contributed by atoms with van der Waals surface area (Å²) >= 11 is 0. The number of rotatable bonds is 5. The lowest BCUT2D eigenvalue weighted by Crippen LogP contribution is -2.34. The standard InChI is InChI=1S/C18H22N4O3/c19-17(24)13-12-14-15(6-4-8-20-14)22(18(13)25)11-5-10-21-9-3-1-2-7-16(21)23/h4,6,8,12H,1-3,5,7,9-11H2,(H2,19,24). The molecule has 7 nitrogen and oxygen atoms in total. The zero-order chi connectivity index (χ0) is 17.8. The van der Waals surface area contributed by atoms with Crippen LogP contribution in [0.2, 0.25) is 0 Å². The number of aromatic nitrogens is 2. The molecule has 2 aromatic rings. The molecule has 3 rings (SSSR count). The van der Waals surface area contributed by atoms with Gasteiger partial charge in [0.1, 0.15) is 5.56 Å². The van der Waals surface area contributed by atoms with E-state index in [1.807, 2.05) is 4.90 Å². The average Bonchev–Trinajstić information content (AvgIpc) is 2.80. The number of fused-ring (bicyclic) bond motifs is 1. The van der Waals surface area contributed by atoms with Gasteiger partial charge in [-0.2, -0.15) is 0 Å². The minimum absolute atomic E-state index is 0.0583. The SMILES string of the molecule is NC(=O)c1cc2ncccc2n(CCCN2CCCCCC2=O)c1=O. The Hall–Kier alpha value is -2.70. The number of carbonyl (C=O) groups excluding carboxylic acids is 2. The number of carbonyl (C=O) groups is 2. The molecule has 1 aliphatic heterocycles. The quantitative estimate of drug-likeness (QED) is 0.885. The second-order valence-corrected chi connectivity index (χ2v) is 6.33. The monoisotopic (exact) mass is 342 g/mol. The zero-order valence-electron chi connectivity index (χ0n) is 14.1. The fourth-order valence-electron chi connectivity index (χ4n) is 3.29. The molecule has 0 spiro atoms. The van der Waals surface area contributed by atoms with Gasteiger partial charge in [0, 0.05) is 32.3 Å². The second-order valence-electron chi connectivity index (χ2n) is 6.33. The number of primary amides is 1. The molecule has 0 unspecified atom stereocenters.